The lowest BCUT2D eigenvalue weighted by molar-refractivity contribution is -0.137. The summed E-state index contributed by atoms with van der Waals surface area (Å²) >= 11 is 0. The molecule has 2 aliphatic rings. The van der Waals surface area contributed by atoms with Crippen molar-refractivity contribution in [3.63, 3.8) is 0 Å². The molecule has 2 aliphatic heterocycles. The molecule has 2 N–H and O–H groups in total. The molecule has 1 fully saturated rings. The summed E-state index contributed by atoms with van der Waals surface area (Å²) in [6.07, 6.45) is -1.76. The molecule has 0 saturated carbocycles. The number of fused-ring (bicyclic) bond motifs is 1. The fraction of sp³-hybridized carbons (Fsp3) is 0.344. The molecule has 48 heavy (non-hydrogen) atoms. The number of phenolic OH excluding ortho intramolecular Hbond substituents is 1. The number of rotatable bonds is 6. The maximum Gasteiger partial charge on any atom is 0.416 e. The second-order valence-electron chi connectivity index (χ2n) is 11.5. The highest BCUT2D eigenvalue weighted by molar-refractivity contribution is 5.97. The number of aromatic hydroxyl groups is 1. The SMILES string of the molecule is Cc1c(C2CCN(C(=O)c3c(F)ccc(F)c3O)CC2)c(=O)n2nc(C3=CCOCC3)nc2n1CC(=O)Nc1ccc(C(F)(F)F)cc1. The average molecular weight is 673 g/mol. The van der Waals surface area contributed by atoms with Gasteiger partial charge in [-0.05, 0) is 74.1 Å². The summed E-state index contributed by atoms with van der Waals surface area (Å²) in [6.45, 7) is 2.16. The van der Waals surface area contributed by atoms with Crippen molar-refractivity contribution < 1.29 is 41.4 Å². The molecule has 0 aliphatic carbocycles. The van der Waals surface area contributed by atoms with Gasteiger partial charge in [0.25, 0.3) is 11.5 Å². The van der Waals surface area contributed by atoms with Gasteiger partial charge in [0.2, 0.25) is 11.7 Å². The number of alkyl halides is 3. The number of aromatic nitrogens is 4. The minimum atomic E-state index is -4.54. The first kappa shape index (κ1) is 32.8. The van der Waals surface area contributed by atoms with E-state index in [1.54, 1.807) is 13.0 Å². The minimum absolute atomic E-state index is 0.0553. The molecule has 2 aromatic carbocycles. The first-order valence-corrected chi connectivity index (χ1v) is 15.0. The van der Waals surface area contributed by atoms with Crippen LogP contribution in [0.2, 0.25) is 0 Å². The summed E-state index contributed by atoms with van der Waals surface area (Å²) < 4.78 is 75.3. The second-order valence-corrected chi connectivity index (χ2v) is 11.5. The van der Waals surface area contributed by atoms with Crippen LogP contribution in [0.3, 0.4) is 0 Å². The first-order chi connectivity index (χ1) is 22.8. The highest BCUT2D eigenvalue weighted by atomic mass is 19.4. The van der Waals surface area contributed by atoms with E-state index in [-0.39, 0.29) is 49.8 Å². The number of piperidine rings is 1. The molecule has 252 valence electrons. The molecule has 0 spiro atoms. The van der Waals surface area contributed by atoms with E-state index in [9.17, 15) is 41.4 Å². The largest absolute Gasteiger partial charge is 0.504 e. The number of hydrogen-bond acceptors (Lipinski definition) is 7. The quantitative estimate of drug-likeness (QED) is 0.285. The first-order valence-electron chi connectivity index (χ1n) is 15.0. The predicted octanol–water partition coefficient (Wildman–Crippen LogP) is 4.66. The molecule has 16 heteroatoms. The van der Waals surface area contributed by atoms with Crippen molar-refractivity contribution in [3.8, 4) is 5.75 Å². The van der Waals surface area contributed by atoms with Gasteiger partial charge < -0.3 is 24.6 Å². The van der Waals surface area contributed by atoms with Gasteiger partial charge in [0.05, 0.1) is 18.8 Å². The number of nitrogens with zero attached hydrogens (tertiary/aromatic N) is 5. The standard InChI is InChI=1S/C32H29F5N6O5/c1-17-25(18-8-12-41(13-9-18)29(46)26-22(33)6-7-23(34)27(26)45)30(47)43-31(39-28(40-43)19-10-14-48-15-11-19)42(17)16-24(44)38-21-4-2-20(3-5-21)32(35,36)37/h2-7,10,18,45H,8-9,11-16H2,1H3,(H,38,44). The maximum atomic E-state index is 14.4. The van der Waals surface area contributed by atoms with Gasteiger partial charge in [-0.25, -0.2) is 8.78 Å². The van der Waals surface area contributed by atoms with E-state index in [0.717, 1.165) is 46.5 Å². The molecule has 0 atom stereocenters. The fourth-order valence-corrected chi connectivity index (χ4v) is 6.07. The van der Waals surface area contributed by atoms with Crippen LogP contribution in [-0.2, 0) is 22.3 Å². The molecular weight excluding hydrogens is 643 g/mol. The van der Waals surface area contributed by atoms with Crippen LogP contribution in [0.4, 0.5) is 27.6 Å². The highest BCUT2D eigenvalue weighted by Crippen LogP contribution is 2.33. The Morgan fingerprint density at radius 2 is 1.75 bits per heavy atom. The van der Waals surface area contributed by atoms with Crippen molar-refractivity contribution in [3.05, 3.63) is 92.7 Å². The molecule has 0 radical (unpaired) electrons. The number of carbonyl (C=O) groups is 2. The Hall–Kier alpha value is -5.12. The molecule has 4 aromatic rings. The zero-order valence-electron chi connectivity index (χ0n) is 25.5. The lowest BCUT2D eigenvalue weighted by atomic mass is 9.88. The predicted molar refractivity (Wildman–Crippen MR) is 161 cm³/mol. The summed E-state index contributed by atoms with van der Waals surface area (Å²) in [6, 6.07) is 5.45. The van der Waals surface area contributed by atoms with E-state index < -0.39 is 58.0 Å². The van der Waals surface area contributed by atoms with E-state index in [2.05, 4.69) is 15.4 Å². The molecule has 2 aromatic heterocycles. The van der Waals surface area contributed by atoms with Gasteiger partial charge in [0, 0.05) is 30.0 Å². The maximum absolute atomic E-state index is 14.4. The average Bonchev–Trinajstić information content (AvgIpc) is 3.52. The fourth-order valence-electron chi connectivity index (χ4n) is 6.07. The van der Waals surface area contributed by atoms with Crippen molar-refractivity contribution in [1.29, 1.82) is 0 Å². The van der Waals surface area contributed by atoms with Crippen LogP contribution < -0.4 is 10.9 Å². The Labute approximate surface area is 269 Å². The van der Waals surface area contributed by atoms with E-state index in [0.29, 0.717) is 30.9 Å². The second kappa shape index (κ2) is 12.8. The van der Waals surface area contributed by atoms with Crippen molar-refractivity contribution in [1.82, 2.24) is 24.1 Å². The molecular formula is C32H29F5N6O5. The van der Waals surface area contributed by atoms with Crippen LogP contribution in [0, 0.1) is 18.6 Å². The Balaban J connectivity index is 1.31. The Kier molecular flexibility index (Phi) is 8.76. The highest BCUT2D eigenvalue weighted by Gasteiger charge is 2.33. The van der Waals surface area contributed by atoms with Crippen LogP contribution in [0.1, 0.15) is 58.2 Å². The number of ether oxygens (including phenoxy) is 1. The summed E-state index contributed by atoms with van der Waals surface area (Å²) in [5.41, 5.74) is -0.522. The minimum Gasteiger partial charge on any atom is -0.504 e. The van der Waals surface area contributed by atoms with Crippen LogP contribution in [0.15, 0.2) is 47.3 Å². The van der Waals surface area contributed by atoms with E-state index in [1.807, 2.05) is 0 Å². The number of amides is 2. The number of likely N-dealkylation sites (tertiary alicyclic amines) is 1. The van der Waals surface area contributed by atoms with Gasteiger partial charge in [-0.1, -0.05) is 6.08 Å². The number of anilines is 1. The Morgan fingerprint density at radius 3 is 2.40 bits per heavy atom. The summed E-state index contributed by atoms with van der Waals surface area (Å²) in [4.78, 5) is 46.1. The van der Waals surface area contributed by atoms with Gasteiger partial charge in [-0.15, -0.1) is 5.10 Å². The third-order valence-electron chi connectivity index (χ3n) is 8.58. The van der Waals surface area contributed by atoms with Crippen molar-refractivity contribution in [2.45, 2.75) is 44.8 Å². The normalized spacial score (nSPS) is 15.9. The summed E-state index contributed by atoms with van der Waals surface area (Å²) in [7, 11) is 0. The van der Waals surface area contributed by atoms with E-state index in [4.69, 9.17) is 4.74 Å². The van der Waals surface area contributed by atoms with Crippen LogP contribution in [0.5, 0.6) is 5.75 Å². The van der Waals surface area contributed by atoms with Crippen molar-refractivity contribution in [2.24, 2.45) is 0 Å². The van der Waals surface area contributed by atoms with E-state index >= 15 is 0 Å². The number of nitrogens with one attached hydrogen (secondary N) is 1. The topological polar surface area (TPSA) is 131 Å². The monoisotopic (exact) mass is 672 g/mol. The lowest BCUT2D eigenvalue weighted by Gasteiger charge is -2.33. The third-order valence-corrected chi connectivity index (χ3v) is 8.58. The van der Waals surface area contributed by atoms with Gasteiger partial charge in [0.1, 0.15) is 17.9 Å². The molecule has 11 nitrogen and oxygen atoms in total. The van der Waals surface area contributed by atoms with Crippen molar-refractivity contribution in [2.75, 3.05) is 31.6 Å². The zero-order valence-corrected chi connectivity index (χ0v) is 25.5. The van der Waals surface area contributed by atoms with Gasteiger partial charge in [0.15, 0.2) is 17.4 Å². The molecule has 1 saturated heterocycles. The molecule has 0 bridgehead atoms. The smallest absolute Gasteiger partial charge is 0.416 e. The molecule has 0 unspecified atom stereocenters. The van der Waals surface area contributed by atoms with Gasteiger partial charge >= 0.3 is 6.18 Å². The van der Waals surface area contributed by atoms with Crippen LogP contribution >= 0.6 is 0 Å². The van der Waals surface area contributed by atoms with Gasteiger partial charge in [-0.2, -0.15) is 22.7 Å². The number of phenols is 1. The van der Waals surface area contributed by atoms with Gasteiger partial charge in [-0.3, -0.25) is 14.4 Å². The van der Waals surface area contributed by atoms with Crippen LogP contribution in [0.25, 0.3) is 11.4 Å². The summed E-state index contributed by atoms with van der Waals surface area (Å²) in [5.74, 6) is -4.85. The molecule has 6 rings (SSSR count). The Morgan fingerprint density at radius 1 is 1.06 bits per heavy atom. The number of carbonyl (C=O) groups excluding carboxylic acids is 2. The zero-order chi connectivity index (χ0) is 34.3. The molecule has 2 amide bonds. The third kappa shape index (κ3) is 6.26. The Bertz CT molecular complexity index is 2000. The summed E-state index contributed by atoms with van der Waals surface area (Å²) in [5, 5.41) is 17.1. The number of benzene rings is 2. The van der Waals surface area contributed by atoms with E-state index in [1.165, 1.54) is 9.47 Å². The molecule has 4 heterocycles. The van der Waals surface area contributed by atoms with Crippen molar-refractivity contribution >= 4 is 28.9 Å². The van der Waals surface area contributed by atoms with Crippen LogP contribution in [-0.4, -0.2) is 67.3 Å². The number of hydrogen-bond donors (Lipinski definition) is 2. The number of halogens is 5. The lowest BCUT2D eigenvalue weighted by Crippen LogP contribution is -2.40.